The normalized spacial score (nSPS) is 13.8. The summed E-state index contributed by atoms with van der Waals surface area (Å²) >= 11 is 0. The van der Waals surface area contributed by atoms with Crippen LogP contribution in [-0.2, 0) is 36.8 Å². The van der Waals surface area contributed by atoms with Crippen molar-refractivity contribution in [2.24, 2.45) is 11.5 Å². The number of esters is 1. The van der Waals surface area contributed by atoms with Gasteiger partial charge in [-0.3, -0.25) is 24.0 Å². The van der Waals surface area contributed by atoms with Gasteiger partial charge in [0.15, 0.2) is 0 Å². The first-order chi connectivity index (χ1) is 17.4. The lowest BCUT2D eigenvalue weighted by Crippen LogP contribution is -2.59. The molecular formula is C26H33N5O6. The van der Waals surface area contributed by atoms with Crippen molar-refractivity contribution in [1.29, 1.82) is 0 Å². The highest BCUT2D eigenvalue weighted by Gasteiger charge is 2.33. The minimum atomic E-state index is -1.35. The molecule has 0 saturated heterocycles. The summed E-state index contributed by atoms with van der Waals surface area (Å²) in [4.78, 5) is 60.3. The Morgan fingerprint density at radius 2 is 1.57 bits per heavy atom. The fourth-order valence-corrected chi connectivity index (χ4v) is 3.46. The summed E-state index contributed by atoms with van der Waals surface area (Å²) in [6, 6.07) is 13.7. The van der Waals surface area contributed by atoms with Crippen LogP contribution in [0.15, 0.2) is 54.6 Å². The van der Waals surface area contributed by atoms with Gasteiger partial charge in [-0.2, -0.15) is 0 Å². The minimum Gasteiger partial charge on any atom is -0.427 e. The number of carbonyl (C=O) groups excluding carboxylic acids is 5. The predicted molar refractivity (Wildman–Crippen MR) is 136 cm³/mol. The molecule has 0 aliphatic heterocycles. The number of primary amides is 1. The van der Waals surface area contributed by atoms with Crippen LogP contribution in [-0.4, -0.2) is 53.8 Å². The summed E-state index contributed by atoms with van der Waals surface area (Å²) in [6.45, 7) is 3.84. The van der Waals surface area contributed by atoms with Gasteiger partial charge in [-0.05, 0) is 43.5 Å². The molecule has 2 aromatic carbocycles. The molecule has 11 heteroatoms. The van der Waals surface area contributed by atoms with Gasteiger partial charge in [0.05, 0.1) is 12.6 Å². The lowest BCUT2D eigenvalue weighted by molar-refractivity contribution is -0.132. The van der Waals surface area contributed by atoms with Gasteiger partial charge in [0.1, 0.15) is 17.3 Å². The second-order valence-electron chi connectivity index (χ2n) is 8.90. The molecule has 2 rings (SSSR count). The number of benzene rings is 2. The van der Waals surface area contributed by atoms with Gasteiger partial charge in [-0.15, -0.1) is 0 Å². The van der Waals surface area contributed by atoms with Crippen molar-refractivity contribution in [2.45, 2.75) is 51.2 Å². The van der Waals surface area contributed by atoms with E-state index in [0.29, 0.717) is 5.75 Å². The maximum absolute atomic E-state index is 12.4. The fourth-order valence-electron chi connectivity index (χ4n) is 3.46. The van der Waals surface area contributed by atoms with E-state index in [0.717, 1.165) is 11.1 Å². The molecular weight excluding hydrogens is 478 g/mol. The zero-order valence-corrected chi connectivity index (χ0v) is 21.1. The monoisotopic (exact) mass is 511 g/mol. The van der Waals surface area contributed by atoms with Gasteiger partial charge in [-0.1, -0.05) is 42.5 Å². The second kappa shape index (κ2) is 13.2. The minimum absolute atomic E-state index is 0.180. The number of rotatable bonds is 12. The first-order valence-electron chi connectivity index (χ1n) is 11.7. The maximum atomic E-state index is 12.4. The smallest absolute Gasteiger partial charge is 0.308 e. The highest BCUT2D eigenvalue weighted by molar-refractivity contribution is 5.94. The van der Waals surface area contributed by atoms with Gasteiger partial charge in [0, 0.05) is 13.3 Å². The van der Waals surface area contributed by atoms with Crippen molar-refractivity contribution in [3.63, 3.8) is 0 Å². The van der Waals surface area contributed by atoms with Crippen LogP contribution in [0.4, 0.5) is 0 Å². The number of hydrogen-bond acceptors (Lipinski definition) is 7. The molecule has 0 unspecified atom stereocenters. The molecule has 11 nitrogen and oxygen atoms in total. The Kier molecular flexibility index (Phi) is 10.3. The largest absolute Gasteiger partial charge is 0.427 e. The molecule has 2 aromatic rings. The van der Waals surface area contributed by atoms with Crippen LogP contribution in [0.3, 0.4) is 0 Å². The van der Waals surface area contributed by atoms with E-state index in [4.69, 9.17) is 16.2 Å². The first-order valence-corrected chi connectivity index (χ1v) is 11.7. The Bertz CT molecular complexity index is 1120. The fraction of sp³-hybridized carbons (Fsp3) is 0.346. The number of carbonyl (C=O) groups is 5. The average molecular weight is 512 g/mol. The number of ether oxygens (including phenoxy) is 1. The number of nitrogens with two attached hydrogens (primary N) is 2. The van der Waals surface area contributed by atoms with E-state index in [1.165, 1.54) is 20.8 Å². The molecule has 0 heterocycles. The SMILES string of the molecule is CC(=O)Oc1ccc(C[C@H](N)C(=O)N[C@H](C)C(=O)NCC(=O)N[C@@](C)(Cc2ccccc2)C(N)=O)cc1. The zero-order chi connectivity index (χ0) is 27.6. The van der Waals surface area contributed by atoms with Crippen LogP contribution in [0, 0.1) is 0 Å². The van der Waals surface area contributed by atoms with Crippen LogP contribution in [0.2, 0.25) is 0 Å². The quantitative estimate of drug-likeness (QED) is 0.191. The topological polar surface area (TPSA) is 183 Å². The third-order valence-electron chi connectivity index (χ3n) is 5.51. The summed E-state index contributed by atoms with van der Waals surface area (Å²) in [6.07, 6.45) is 0.371. The molecule has 0 aliphatic carbocycles. The van der Waals surface area contributed by atoms with Gasteiger partial charge in [0.25, 0.3) is 0 Å². The summed E-state index contributed by atoms with van der Waals surface area (Å²) in [5.41, 5.74) is 11.7. The number of amides is 4. The van der Waals surface area contributed by atoms with E-state index in [2.05, 4.69) is 16.0 Å². The van der Waals surface area contributed by atoms with E-state index >= 15 is 0 Å². The number of hydrogen-bond donors (Lipinski definition) is 5. The van der Waals surface area contributed by atoms with Crippen LogP contribution >= 0.6 is 0 Å². The second-order valence-corrected chi connectivity index (χ2v) is 8.90. The predicted octanol–water partition coefficient (Wildman–Crippen LogP) is -0.294. The highest BCUT2D eigenvalue weighted by Crippen LogP contribution is 2.14. The lowest BCUT2D eigenvalue weighted by atomic mass is 9.92. The van der Waals surface area contributed by atoms with Crippen LogP contribution in [0.5, 0.6) is 5.75 Å². The van der Waals surface area contributed by atoms with Crippen LogP contribution in [0.25, 0.3) is 0 Å². The molecule has 4 amide bonds. The molecule has 0 radical (unpaired) electrons. The zero-order valence-electron chi connectivity index (χ0n) is 21.1. The third kappa shape index (κ3) is 9.37. The molecule has 0 saturated carbocycles. The van der Waals surface area contributed by atoms with E-state index in [-0.39, 0.29) is 12.8 Å². The van der Waals surface area contributed by atoms with Gasteiger partial charge >= 0.3 is 5.97 Å². The molecule has 198 valence electrons. The van der Waals surface area contributed by atoms with E-state index in [1.54, 1.807) is 24.3 Å². The highest BCUT2D eigenvalue weighted by atomic mass is 16.5. The van der Waals surface area contributed by atoms with Crippen molar-refractivity contribution in [3.05, 3.63) is 65.7 Å². The summed E-state index contributed by atoms with van der Waals surface area (Å²) in [5.74, 6) is -2.56. The molecule has 0 spiro atoms. The van der Waals surface area contributed by atoms with E-state index in [9.17, 15) is 24.0 Å². The lowest BCUT2D eigenvalue weighted by Gasteiger charge is -2.28. The summed E-state index contributed by atoms with van der Waals surface area (Å²) < 4.78 is 4.96. The summed E-state index contributed by atoms with van der Waals surface area (Å²) in [7, 11) is 0. The Labute approximate surface area is 215 Å². The molecule has 3 atom stereocenters. The van der Waals surface area contributed by atoms with E-state index in [1.807, 2.05) is 30.3 Å². The Morgan fingerprint density at radius 3 is 2.14 bits per heavy atom. The molecule has 0 aliphatic rings. The van der Waals surface area contributed by atoms with E-state index < -0.39 is 53.8 Å². The Balaban J connectivity index is 1.83. The first kappa shape index (κ1) is 29.0. The molecule has 37 heavy (non-hydrogen) atoms. The van der Waals surface area contributed by atoms with Crippen molar-refractivity contribution in [3.8, 4) is 5.75 Å². The van der Waals surface area contributed by atoms with Gasteiger partial charge < -0.3 is 32.2 Å². The third-order valence-corrected chi connectivity index (χ3v) is 5.51. The average Bonchev–Trinajstić information content (AvgIpc) is 2.83. The van der Waals surface area contributed by atoms with Gasteiger partial charge in [-0.25, -0.2) is 0 Å². The van der Waals surface area contributed by atoms with Gasteiger partial charge in [0.2, 0.25) is 23.6 Å². The number of nitrogens with one attached hydrogen (secondary N) is 3. The maximum Gasteiger partial charge on any atom is 0.308 e. The van der Waals surface area contributed by atoms with Crippen molar-refractivity contribution >= 4 is 29.6 Å². The van der Waals surface area contributed by atoms with Crippen molar-refractivity contribution in [2.75, 3.05) is 6.54 Å². The Hall–Kier alpha value is -4.25. The Morgan fingerprint density at radius 1 is 0.946 bits per heavy atom. The van der Waals surface area contributed by atoms with Crippen molar-refractivity contribution < 1.29 is 28.7 Å². The van der Waals surface area contributed by atoms with Crippen LogP contribution < -0.4 is 32.2 Å². The van der Waals surface area contributed by atoms with Crippen molar-refractivity contribution in [1.82, 2.24) is 16.0 Å². The van der Waals surface area contributed by atoms with Crippen LogP contribution in [0.1, 0.15) is 31.9 Å². The molecule has 0 fully saturated rings. The summed E-state index contributed by atoms with van der Waals surface area (Å²) in [5, 5.41) is 7.51. The molecule has 0 aromatic heterocycles. The standard InChI is InChI=1S/C26H33N5O6/c1-16(30-24(35)21(27)13-18-9-11-20(12-10-18)37-17(2)32)23(34)29-15-22(33)31-26(3,25(28)36)14-19-7-5-4-6-8-19/h4-12,16,21H,13-15,27H2,1-3H3,(H2,28,36)(H,29,34)(H,30,35)(H,31,33)/t16-,21+,26+/m1/s1. The molecule has 7 N–H and O–H groups in total. The molecule has 0 bridgehead atoms.